The fourth-order valence-electron chi connectivity index (χ4n) is 1.74. The molecule has 110 valence electrons. The molecule has 0 aliphatic carbocycles. The maximum absolute atomic E-state index is 12.1. The van der Waals surface area contributed by atoms with Crippen molar-refractivity contribution in [3.05, 3.63) is 23.8 Å². The van der Waals surface area contributed by atoms with Crippen LogP contribution in [-0.4, -0.2) is 25.5 Å². The van der Waals surface area contributed by atoms with Crippen LogP contribution in [0.1, 0.15) is 37.6 Å². The zero-order valence-electron chi connectivity index (χ0n) is 12.4. The predicted molar refractivity (Wildman–Crippen MR) is 79.1 cm³/mol. The molecule has 0 saturated carbocycles. The van der Waals surface area contributed by atoms with Crippen molar-refractivity contribution in [2.45, 2.75) is 27.2 Å². The highest BCUT2D eigenvalue weighted by Gasteiger charge is 2.13. The van der Waals surface area contributed by atoms with Gasteiger partial charge in [0.15, 0.2) is 0 Å². The first-order chi connectivity index (χ1) is 9.43. The number of ether oxygens (including phenoxy) is 1. The summed E-state index contributed by atoms with van der Waals surface area (Å²) in [4.78, 5) is 23.2. The topological polar surface area (TPSA) is 67.4 Å². The third-order valence-corrected chi connectivity index (χ3v) is 2.77. The molecule has 5 heteroatoms. The first-order valence-corrected chi connectivity index (χ1v) is 6.68. The number of amides is 2. The summed E-state index contributed by atoms with van der Waals surface area (Å²) >= 11 is 0. The summed E-state index contributed by atoms with van der Waals surface area (Å²) in [5.41, 5.74) is 0.995. The molecular weight excluding hydrogens is 256 g/mol. The van der Waals surface area contributed by atoms with Crippen LogP contribution in [0.4, 0.5) is 5.69 Å². The second kappa shape index (κ2) is 7.53. The van der Waals surface area contributed by atoms with E-state index < -0.39 is 0 Å². The van der Waals surface area contributed by atoms with Gasteiger partial charge in [-0.25, -0.2) is 0 Å². The Morgan fingerprint density at radius 1 is 1.30 bits per heavy atom. The van der Waals surface area contributed by atoms with E-state index in [1.165, 1.54) is 14.0 Å². The first-order valence-electron chi connectivity index (χ1n) is 6.68. The van der Waals surface area contributed by atoms with E-state index in [4.69, 9.17) is 4.74 Å². The molecule has 1 rings (SSSR count). The van der Waals surface area contributed by atoms with Crippen LogP contribution in [0.2, 0.25) is 0 Å². The van der Waals surface area contributed by atoms with Gasteiger partial charge < -0.3 is 15.4 Å². The van der Waals surface area contributed by atoms with Gasteiger partial charge >= 0.3 is 0 Å². The predicted octanol–water partition coefficient (Wildman–Crippen LogP) is 2.43. The Hall–Kier alpha value is -2.04. The van der Waals surface area contributed by atoms with Gasteiger partial charge in [-0.1, -0.05) is 13.8 Å². The molecule has 0 radical (unpaired) electrons. The van der Waals surface area contributed by atoms with E-state index in [9.17, 15) is 9.59 Å². The second-order valence-corrected chi connectivity index (χ2v) is 5.03. The molecule has 0 aromatic heterocycles. The highest BCUT2D eigenvalue weighted by Crippen LogP contribution is 2.22. The van der Waals surface area contributed by atoms with Crippen LogP contribution < -0.4 is 15.4 Å². The van der Waals surface area contributed by atoms with E-state index in [2.05, 4.69) is 24.5 Å². The lowest BCUT2D eigenvalue weighted by atomic mass is 10.1. The van der Waals surface area contributed by atoms with Crippen molar-refractivity contribution < 1.29 is 14.3 Å². The normalized spacial score (nSPS) is 10.2. The highest BCUT2D eigenvalue weighted by atomic mass is 16.5. The Kier molecular flexibility index (Phi) is 6.03. The molecule has 0 bridgehead atoms. The van der Waals surface area contributed by atoms with Crippen LogP contribution in [0.15, 0.2) is 18.2 Å². The first kappa shape index (κ1) is 16.0. The largest absolute Gasteiger partial charge is 0.496 e. The number of nitrogens with one attached hydrogen (secondary N) is 2. The van der Waals surface area contributed by atoms with E-state index in [1.807, 2.05) is 0 Å². The molecule has 0 spiro atoms. The molecule has 20 heavy (non-hydrogen) atoms. The number of hydrogen-bond acceptors (Lipinski definition) is 3. The quantitative estimate of drug-likeness (QED) is 0.839. The summed E-state index contributed by atoms with van der Waals surface area (Å²) in [6.07, 6.45) is 0.916. The number of anilines is 1. The van der Waals surface area contributed by atoms with Crippen molar-refractivity contribution in [1.82, 2.24) is 5.32 Å². The van der Waals surface area contributed by atoms with Gasteiger partial charge in [0.25, 0.3) is 5.91 Å². The van der Waals surface area contributed by atoms with E-state index in [0.717, 1.165) is 6.42 Å². The molecule has 2 N–H and O–H groups in total. The Labute approximate surface area is 119 Å². The van der Waals surface area contributed by atoms with Gasteiger partial charge in [0.05, 0.1) is 12.7 Å². The molecular formula is C15H22N2O3. The molecule has 0 heterocycles. The summed E-state index contributed by atoms with van der Waals surface area (Å²) < 4.78 is 5.18. The summed E-state index contributed by atoms with van der Waals surface area (Å²) in [6.45, 7) is 6.24. The zero-order valence-corrected chi connectivity index (χ0v) is 12.4. The Morgan fingerprint density at radius 2 is 2.00 bits per heavy atom. The van der Waals surface area contributed by atoms with E-state index in [0.29, 0.717) is 29.5 Å². The molecule has 0 saturated heterocycles. The average Bonchev–Trinajstić information content (AvgIpc) is 2.37. The maximum Gasteiger partial charge on any atom is 0.255 e. The van der Waals surface area contributed by atoms with Crippen molar-refractivity contribution in [1.29, 1.82) is 0 Å². The summed E-state index contributed by atoms with van der Waals surface area (Å²) in [5, 5.41) is 5.51. The fraction of sp³-hybridized carbons (Fsp3) is 0.467. The van der Waals surface area contributed by atoms with Crippen molar-refractivity contribution in [3.63, 3.8) is 0 Å². The number of carbonyl (C=O) groups is 2. The molecule has 0 aliphatic heterocycles. The number of methoxy groups -OCH3 is 1. The summed E-state index contributed by atoms with van der Waals surface area (Å²) in [5.74, 6) is 0.639. The van der Waals surface area contributed by atoms with Crippen LogP contribution in [0.3, 0.4) is 0 Å². The minimum atomic E-state index is -0.199. The number of rotatable bonds is 6. The maximum atomic E-state index is 12.1. The molecule has 2 amide bonds. The number of hydrogen-bond donors (Lipinski definition) is 2. The lowest BCUT2D eigenvalue weighted by Crippen LogP contribution is -2.26. The minimum absolute atomic E-state index is 0.179. The fourth-order valence-corrected chi connectivity index (χ4v) is 1.74. The van der Waals surface area contributed by atoms with Gasteiger partial charge in [-0.15, -0.1) is 0 Å². The van der Waals surface area contributed by atoms with Crippen LogP contribution >= 0.6 is 0 Å². The second-order valence-electron chi connectivity index (χ2n) is 5.03. The summed E-state index contributed by atoms with van der Waals surface area (Å²) in [7, 11) is 1.51. The van der Waals surface area contributed by atoms with Crippen LogP contribution in [0, 0.1) is 5.92 Å². The van der Waals surface area contributed by atoms with Crippen molar-refractivity contribution in [2.75, 3.05) is 19.0 Å². The number of carbonyl (C=O) groups excluding carboxylic acids is 2. The minimum Gasteiger partial charge on any atom is -0.496 e. The van der Waals surface area contributed by atoms with Crippen LogP contribution in [-0.2, 0) is 4.79 Å². The van der Waals surface area contributed by atoms with Crippen LogP contribution in [0.5, 0.6) is 5.75 Å². The van der Waals surface area contributed by atoms with E-state index >= 15 is 0 Å². The van der Waals surface area contributed by atoms with E-state index in [1.54, 1.807) is 18.2 Å². The average molecular weight is 278 g/mol. The molecule has 0 fully saturated rings. The SMILES string of the molecule is COc1ccc(NC(C)=O)cc1C(=O)NCCC(C)C. The van der Waals surface area contributed by atoms with Gasteiger partial charge in [-0.05, 0) is 30.5 Å². The molecule has 5 nitrogen and oxygen atoms in total. The zero-order chi connectivity index (χ0) is 15.1. The van der Waals surface area contributed by atoms with Gasteiger partial charge in [-0.2, -0.15) is 0 Å². The standard InChI is InChI=1S/C15H22N2O3/c1-10(2)7-8-16-15(19)13-9-12(17-11(3)18)5-6-14(13)20-4/h5-6,9-10H,7-8H2,1-4H3,(H,16,19)(H,17,18). The van der Waals surface area contributed by atoms with Crippen molar-refractivity contribution in [3.8, 4) is 5.75 Å². The van der Waals surface area contributed by atoms with Gasteiger partial charge in [0.1, 0.15) is 5.75 Å². The number of benzene rings is 1. The van der Waals surface area contributed by atoms with E-state index in [-0.39, 0.29) is 11.8 Å². The third-order valence-electron chi connectivity index (χ3n) is 2.77. The Bertz CT molecular complexity index is 484. The highest BCUT2D eigenvalue weighted by molar-refractivity contribution is 5.99. The lowest BCUT2D eigenvalue weighted by Gasteiger charge is -2.12. The molecule has 0 unspecified atom stereocenters. The molecule has 1 aromatic rings. The lowest BCUT2D eigenvalue weighted by molar-refractivity contribution is -0.114. The van der Waals surface area contributed by atoms with Crippen molar-refractivity contribution >= 4 is 17.5 Å². The van der Waals surface area contributed by atoms with Crippen LogP contribution in [0.25, 0.3) is 0 Å². The van der Waals surface area contributed by atoms with Gasteiger partial charge in [-0.3, -0.25) is 9.59 Å². The summed E-state index contributed by atoms with van der Waals surface area (Å²) in [6, 6.07) is 4.98. The monoisotopic (exact) mass is 278 g/mol. The molecule has 1 aromatic carbocycles. The van der Waals surface area contributed by atoms with Gasteiger partial charge in [0.2, 0.25) is 5.91 Å². The Balaban J connectivity index is 2.84. The smallest absolute Gasteiger partial charge is 0.255 e. The molecule has 0 atom stereocenters. The Morgan fingerprint density at radius 3 is 2.55 bits per heavy atom. The molecule has 0 aliphatic rings. The van der Waals surface area contributed by atoms with Crippen molar-refractivity contribution in [2.24, 2.45) is 5.92 Å². The third kappa shape index (κ3) is 4.91. The van der Waals surface area contributed by atoms with Gasteiger partial charge in [0, 0.05) is 19.2 Å².